The molecule has 0 fully saturated rings. The third-order valence-corrected chi connectivity index (χ3v) is 2.71. The highest BCUT2D eigenvalue weighted by molar-refractivity contribution is 5.81. The second-order valence-corrected chi connectivity index (χ2v) is 5.72. The fraction of sp³-hybridized carbons (Fsp3) is 0.692. The molecule has 4 heteroatoms. The number of aryl methyl sites for hydroxylation is 1. The fourth-order valence-corrected chi connectivity index (χ4v) is 1.48. The van der Waals surface area contributed by atoms with Gasteiger partial charge in [0, 0.05) is 30.4 Å². The summed E-state index contributed by atoms with van der Waals surface area (Å²) >= 11 is 0. The van der Waals surface area contributed by atoms with Crippen LogP contribution in [0.2, 0.25) is 0 Å². The van der Waals surface area contributed by atoms with Crippen LogP contribution >= 0.6 is 0 Å². The lowest BCUT2D eigenvalue weighted by Gasteiger charge is -2.20. The molecule has 0 aliphatic rings. The van der Waals surface area contributed by atoms with Crippen molar-refractivity contribution in [2.24, 2.45) is 11.3 Å². The lowest BCUT2D eigenvalue weighted by atomic mass is 9.95. The molecule has 0 aliphatic heterocycles. The van der Waals surface area contributed by atoms with Crippen molar-refractivity contribution in [2.45, 2.75) is 41.2 Å². The number of nitrogens with one attached hydrogen (secondary N) is 1. The van der Waals surface area contributed by atoms with E-state index in [4.69, 9.17) is 0 Å². The highest BCUT2D eigenvalue weighted by Gasteiger charge is 2.21. The van der Waals surface area contributed by atoms with E-state index in [0.29, 0.717) is 12.5 Å². The molecule has 1 aromatic rings. The van der Waals surface area contributed by atoms with Crippen molar-refractivity contribution >= 4 is 5.91 Å². The first kappa shape index (κ1) is 13.7. The van der Waals surface area contributed by atoms with Gasteiger partial charge in [0.25, 0.3) is 0 Å². The molecule has 0 saturated heterocycles. The molecule has 0 bridgehead atoms. The number of hydrogen-bond donors (Lipinski definition) is 1. The third-order valence-electron chi connectivity index (χ3n) is 2.71. The predicted octanol–water partition coefficient (Wildman–Crippen LogP) is 1.99. The van der Waals surface area contributed by atoms with Gasteiger partial charge in [-0.1, -0.05) is 27.7 Å². The number of amides is 1. The average molecular weight is 237 g/mol. The summed E-state index contributed by atoms with van der Waals surface area (Å²) in [5, 5.41) is 7.21. The summed E-state index contributed by atoms with van der Waals surface area (Å²) < 4.78 is 1.97. The highest BCUT2D eigenvalue weighted by atomic mass is 16.2. The van der Waals surface area contributed by atoms with Crippen LogP contribution in [0.5, 0.6) is 0 Å². The maximum absolute atomic E-state index is 11.7. The highest BCUT2D eigenvalue weighted by Crippen LogP contribution is 2.12. The molecule has 4 nitrogen and oxygen atoms in total. The molecule has 1 amide bonds. The molecule has 1 unspecified atom stereocenters. The van der Waals surface area contributed by atoms with Gasteiger partial charge in [0.1, 0.15) is 0 Å². The number of carbonyl (C=O) groups excluding carboxylic acids is 1. The molecule has 1 atom stereocenters. The Bertz CT molecular complexity index is 376. The molecular formula is C13H23N3O. The Kier molecular flexibility index (Phi) is 4.32. The average Bonchev–Trinajstić information content (AvgIpc) is 2.59. The molecule has 0 aliphatic carbocycles. The van der Waals surface area contributed by atoms with E-state index in [0.717, 1.165) is 12.2 Å². The number of hydrogen-bond acceptors (Lipinski definition) is 2. The van der Waals surface area contributed by atoms with Gasteiger partial charge in [-0.2, -0.15) is 5.10 Å². The van der Waals surface area contributed by atoms with Crippen molar-refractivity contribution < 1.29 is 4.79 Å². The number of rotatable bonds is 4. The van der Waals surface area contributed by atoms with Crippen molar-refractivity contribution in [1.29, 1.82) is 0 Å². The van der Waals surface area contributed by atoms with Gasteiger partial charge in [-0.15, -0.1) is 0 Å². The van der Waals surface area contributed by atoms with Crippen LogP contribution in [0, 0.1) is 18.3 Å². The molecule has 17 heavy (non-hydrogen) atoms. The van der Waals surface area contributed by atoms with Crippen molar-refractivity contribution in [3.8, 4) is 0 Å². The maximum Gasteiger partial charge on any atom is 0.225 e. The van der Waals surface area contributed by atoms with Crippen LogP contribution in [0.15, 0.2) is 12.3 Å². The Morgan fingerprint density at radius 2 is 2.18 bits per heavy atom. The summed E-state index contributed by atoms with van der Waals surface area (Å²) in [4.78, 5) is 11.7. The summed E-state index contributed by atoms with van der Waals surface area (Å²) in [6.45, 7) is 11.4. The van der Waals surface area contributed by atoms with Gasteiger partial charge in [0.2, 0.25) is 5.91 Å². The van der Waals surface area contributed by atoms with E-state index in [1.807, 2.05) is 38.4 Å². The van der Waals surface area contributed by atoms with Crippen LogP contribution in [0.25, 0.3) is 0 Å². The van der Waals surface area contributed by atoms with Gasteiger partial charge in [-0.05, 0) is 18.9 Å². The summed E-state index contributed by atoms with van der Waals surface area (Å²) in [6.07, 6.45) is 1.80. The summed E-state index contributed by atoms with van der Waals surface area (Å²) in [5.74, 6) is 0.474. The zero-order chi connectivity index (χ0) is 13.1. The number of nitrogens with zero attached hydrogens (tertiary/aromatic N) is 2. The van der Waals surface area contributed by atoms with Gasteiger partial charge in [0.15, 0.2) is 0 Å². The van der Waals surface area contributed by atoms with E-state index in [1.54, 1.807) is 6.20 Å². The normalized spacial score (nSPS) is 13.5. The van der Waals surface area contributed by atoms with Crippen LogP contribution in [0.4, 0.5) is 0 Å². The Labute approximate surface area is 103 Å². The second-order valence-electron chi connectivity index (χ2n) is 5.72. The monoisotopic (exact) mass is 237 g/mol. The van der Waals surface area contributed by atoms with E-state index >= 15 is 0 Å². The largest absolute Gasteiger partial charge is 0.355 e. The summed E-state index contributed by atoms with van der Waals surface area (Å²) in [6, 6.07) is 1.99. The molecule has 1 N–H and O–H groups in total. The first-order valence-corrected chi connectivity index (χ1v) is 6.07. The van der Waals surface area contributed by atoms with Crippen LogP contribution in [0.3, 0.4) is 0 Å². The predicted molar refractivity (Wildman–Crippen MR) is 68.6 cm³/mol. The molecule has 0 saturated carbocycles. The molecule has 0 aromatic carbocycles. The van der Waals surface area contributed by atoms with Gasteiger partial charge in [-0.3, -0.25) is 9.48 Å². The zero-order valence-electron chi connectivity index (χ0n) is 11.4. The standard InChI is InChI=1S/C13H23N3O/c1-10(8-14-12(17)13(3,4)5)9-16-11(2)6-7-15-16/h6-7,10H,8-9H2,1-5H3,(H,14,17). The smallest absolute Gasteiger partial charge is 0.225 e. The van der Waals surface area contributed by atoms with Gasteiger partial charge < -0.3 is 5.32 Å². The number of carbonyl (C=O) groups is 1. The molecule has 96 valence electrons. The Morgan fingerprint density at radius 3 is 2.65 bits per heavy atom. The van der Waals surface area contributed by atoms with E-state index < -0.39 is 0 Å². The Morgan fingerprint density at radius 1 is 1.53 bits per heavy atom. The maximum atomic E-state index is 11.7. The second kappa shape index (κ2) is 5.34. The number of aromatic nitrogens is 2. The first-order chi connectivity index (χ1) is 7.80. The lowest BCUT2D eigenvalue weighted by molar-refractivity contribution is -0.128. The molecule has 1 rings (SSSR count). The third kappa shape index (κ3) is 4.21. The van der Waals surface area contributed by atoms with Crippen molar-refractivity contribution in [3.05, 3.63) is 18.0 Å². The van der Waals surface area contributed by atoms with E-state index in [2.05, 4.69) is 17.3 Å². The van der Waals surface area contributed by atoms with Gasteiger partial charge in [-0.25, -0.2) is 0 Å². The minimum atomic E-state index is -0.318. The quantitative estimate of drug-likeness (QED) is 0.870. The van der Waals surface area contributed by atoms with Crippen molar-refractivity contribution in [2.75, 3.05) is 6.54 Å². The Hall–Kier alpha value is -1.32. The SMILES string of the molecule is Cc1ccnn1CC(C)CNC(=O)C(C)(C)C. The Balaban J connectivity index is 2.39. The topological polar surface area (TPSA) is 46.9 Å². The molecule has 1 heterocycles. The van der Waals surface area contributed by atoms with Crippen molar-refractivity contribution in [3.63, 3.8) is 0 Å². The van der Waals surface area contributed by atoms with Gasteiger partial charge >= 0.3 is 0 Å². The van der Waals surface area contributed by atoms with Crippen molar-refractivity contribution in [1.82, 2.24) is 15.1 Å². The van der Waals surface area contributed by atoms with Crippen LogP contribution in [-0.2, 0) is 11.3 Å². The molecular weight excluding hydrogens is 214 g/mol. The minimum Gasteiger partial charge on any atom is -0.355 e. The van der Waals surface area contributed by atoms with E-state index in [9.17, 15) is 4.79 Å². The molecule has 0 radical (unpaired) electrons. The fourth-order valence-electron chi connectivity index (χ4n) is 1.48. The summed E-state index contributed by atoms with van der Waals surface area (Å²) in [5.41, 5.74) is 0.834. The minimum absolute atomic E-state index is 0.0986. The van der Waals surface area contributed by atoms with E-state index in [1.165, 1.54) is 0 Å². The van der Waals surface area contributed by atoms with Crippen LogP contribution < -0.4 is 5.32 Å². The van der Waals surface area contributed by atoms with Crippen LogP contribution in [-0.4, -0.2) is 22.2 Å². The zero-order valence-corrected chi connectivity index (χ0v) is 11.4. The van der Waals surface area contributed by atoms with Crippen LogP contribution in [0.1, 0.15) is 33.4 Å². The first-order valence-electron chi connectivity index (χ1n) is 6.07. The summed E-state index contributed by atoms with van der Waals surface area (Å²) in [7, 11) is 0. The lowest BCUT2D eigenvalue weighted by Crippen LogP contribution is -2.38. The molecule has 0 spiro atoms. The molecule has 1 aromatic heterocycles. The van der Waals surface area contributed by atoms with E-state index in [-0.39, 0.29) is 11.3 Å². The van der Waals surface area contributed by atoms with Gasteiger partial charge in [0.05, 0.1) is 0 Å².